The van der Waals surface area contributed by atoms with Gasteiger partial charge in [0.1, 0.15) is 5.84 Å². The first-order valence-corrected chi connectivity index (χ1v) is 6.80. The van der Waals surface area contributed by atoms with E-state index in [1.807, 2.05) is 36.7 Å². The Bertz CT molecular complexity index is 488. The molecule has 18 heavy (non-hydrogen) atoms. The van der Waals surface area contributed by atoms with E-state index in [1.165, 1.54) is 5.56 Å². The molecule has 0 saturated carbocycles. The standard InChI is InChI=1S/C14H17N3S/c1-16-9-8-11-4-6-12(7-5-11)17-14(15)13-3-2-10-18-13/h2-7,10,16H,8-9H2,1H3,(H2,15,17). The SMILES string of the molecule is CNCCc1ccc(NC(=N)c2cccs2)cc1. The first-order chi connectivity index (χ1) is 8.79. The van der Waals surface area contributed by atoms with Crippen LogP contribution >= 0.6 is 11.3 Å². The van der Waals surface area contributed by atoms with Gasteiger partial charge in [-0.3, -0.25) is 5.41 Å². The molecule has 0 bridgehead atoms. The topological polar surface area (TPSA) is 47.9 Å². The molecule has 3 nitrogen and oxygen atoms in total. The third kappa shape index (κ3) is 3.42. The molecule has 0 radical (unpaired) electrons. The highest BCUT2D eigenvalue weighted by Crippen LogP contribution is 2.14. The minimum atomic E-state index is 0.452. The van der Waals surface area contributed by atoms with E-state index in [0.717, 1.165) is 23.5 Å². The first-order valence-electron chi connectivity index (χ1n) is 5.92. The molecule has 0 atom stereocenters. The molecular weight excluding hydrogens is 242 g/mol. The summed E-state index contributed by atoms with van der Waals surface area (Å²) in [6.45, 7) is 0.984. The molecule has 1 heterocycles. The van der Waals surface area contributed by atoms with Crippen LogP contribution in [0, 0.1) is 5.41 Å². The molecule has 1 aromatic carbocycles. The Labute approximate surface area is 111 Å². The van der Waals surface area contributed by atoms with Gasteiger partial charge < -0.3 is 10.6 Å². The highest BCUT2D eigenvalue weighted by molar-refractivity contribution is 7.12. The Hall–Kier alpha value is -1.65. The number of thiophene rings is 1. The van der Waals surface area contributed by atoms with Crippen molar-refractivity contribution < 1.29 is 0 Å². The van der Waals surface area contributed by atoms with Gasteiger partial charge in [0.2, 0.25) is 0 Å². The predicted molar refractivity (Wildman–Crippen MR) is 78.8 cm³/mol. The summed E-state index contributed by atoms with van der Waals surface area (Å²) in [5.41, 5.74) is 2.26. The van der Waals surface area contributed by atoms with Gasteiger partial charge in [0.15, 0.2) is 0 Å². The van der Waals surface area contributed by atoms with E-state index in [2.05, 4.69) is 22.8 Å². The summed E-state index contributed by atoms with van der Waals surface area (Å²) in [5, 5.41) is 16.2. The van der Waals surface area contributed by atoms with Crippen molar-refractivity contribution in [3.8, 4) is 0 Å². The molecule has 0 amide bonds. The summed E-state index contributed by atoms with van der Waals surface area (Å²) < 4.78 is 0. The third-order valence-corrected chi connectivity index (χ3v) is 3.54. The highest BCUT2D eigenvalue weighted by atomic mass is 32.1. The lowest BCUT2D eigenvalue weighted by Gasteiger charge is -2.07. The molecular formula is C14H17N3S. The molecule has 2 aromatic rings. The summed E-state index contributed by atoms with van der Waals surface area (Å²) in [4.78, 5) is 0.953. The molecule has 2 rings (SSSR count). The number of rotatable bonds is 5. The van der Waals surface area contributed by atoms with Crippen LogP contribution in [0.2, 0.25) is 0 Å². The zero-order chi connectivity index (χ0) is 12.8. The Morgan fingerprint density at radius 2 is 2.00 bits per heavy atom. The van der Waals surface area contributed by atoms with Gasteiger partial charge in [-0.15, -0.1) is 11.3 Å². The van der Waals surface area contributed by atoms with E-state index in [-0.39, 0.29) is 0 Å². The molecule has 0 aliphatic heterocycles. The van der Waals surface area contributed by atoms with E-state index in [9.17, 15) is 0 Å². The largest absolute Gasteiger partial charge is 0.340 e. The van der Waals surface area contributed by atoms with Crippen molar-refractivity contribution in [3.63, 3.8) is 0 Å². The lowest BCUT2D eigenvalue weighted by molar-refractivity contribution is 0.792. The van der Waals surface area contributed by atoms with Gasteiger partial charge in [0.25, 0.3) is 0 Å². The molecule has 0 fully saturated rings. The molecule has 0 aliphatic rings. The van der Waals surface area contributed by atoms with Crippen molar-refractivity contribution in [2.24, 2.45) is 0 Å². The Morgan fingerprint density at radius 3 is 2.61 bits per heavy atom. The Morgan fingerprint density at radius 1 is 1.22 bits per heavy atom. The van der Waals surface area contributed by atoms with Crippen LogP contribution in [0.4, 0.5) is 5.69 Å². The second-order valence-electron chi connectivity index (χ2n) is 4.03. The number of benzene rings is 1. The summed E-state index contributed by atoms with van der Waals surface area (Å²) >= 11 is 1.57. The molecule has 0 saturated heterocycles. The maximum Gasteiger partial charge on any atom is 0.140 e. The number of hydrogen-bond acceptors (Lipinski definition) is 3. The molecule has 1 aromatic heterocycles. The maximum atomic E-state index is 7.94. The summed E-state index contributed by atoms with van der Waals surface area (Å²) in [7, 11) is 1.96. The second kappa shape index (κ2) is 6.33. The van der Waals surface area contributed by atoms with E-state index in [1.54, 1.807) is 11.3 Å². The van der Waals surface area contributed by atoms with Crippen LogP contribution in [0.25, 0.3) is 0 Å². The Balaban J connectivity index is 1.96. The van der Waals surface area contributed by atoms with Crippen molar-refractivity contribution in [1.82, 2.24) is 5.32 Å². The average Bonchev–Trinajstić information content (AvgIpc) is 2.92. The number of amidine groups is 1. The minimum Gasteiger partial charge on any atom is -0.340 e. The van der Waals surface area contributed by atoms with Gasteiger partial charge in [0.05, 0.1) is 4.88 Å². The molecule has 0 aliphatic carbocycles. The number of hydrogen-bond donors (Lipinski definition) is 3. The Kier molecular flexibility index (Phi) is 4.50. The molecule has 0 spiro atoms. The van der Waals surface area contributed by atoms with Gasteiger partial charge in [-0.2, -0.15) is 0 Å². The predicted octanol–water partition coefficient (Wildman–Crippen LogP) is 2.95. The zero-order valence-corrected chi connectivity index (χ0v) is 11.2. The molecule has 4 heteroatoms. The average molecular weight is 259 g/mol. The number of anilines is 1. The fourth-order valence-electron chi connectivity index (χ4n) is 1.65. The fourth-order valence-corrected chi connectivity index (χ4v) is 2.28. The van der Waals surface area contributed by atoms with Gasteiger partial charge in [-0.05, 0) is 49.2 Å². The van der Waals surface area contributed by atoms with Gasteiger partial charge >= 0.3 is 0 Å². The second-order valence-corrected chi connectivity index (χ2v) is 4.98. The summed E-state index contributed by atoms with van der Waals surface area (Å²) in [6, 6.07) is 12.1. The first kappa shape index (κ1) is 12.8. The van der Waals surface area contributed by atoms with Gasteiger partial charge in [0, 0.05) is 5.69 Å². The van der Waals surface area contributed by atoms with Crippen LogP contribution in [0.3, 0.4) is 0 Å². The lowest BCUT2D eigenvalue weighted by atomic mass is 10.1. The smallest absolute Gasteiger partial charge is 0.140 e. The quantitative estimate of drug-likeness (QED) is 0.571. The lowest BCUT2D eigenvalue weighted by Crippen LogP contribution is -2.11. The van der Waals surface area contributed by atoms with Crippen molar-refractivity contribution in [3.05, 3.63) is 52.2 Å². The number of nitrogens with one attached hydrogen (secondary N) is 3. The van der Waals surface area contributed by atoms with Crippen molar-refractivity contribution in [2.75, 3.05) is 18.9 Å². The number of likely N-dealkylation sites (N-methyl/N-ethyl adjacent to an activating group) is 1. The van der Waals surface area contributed by atoms with Gasteiger partial charge in [-0.25, -0.2) is 0 Å². The van der Waals surface area contributed by atoms with Gasteiger partial charge in [-0.1, -0.05) is 18.2 Å². The molecule has 3 N–H and O–H groups in total. The third-order valence-electron chi connectivity index (χ3n) is 2.65. The normalized spacial score (nSPS) is 10.3. The van der Waals surface area contributed by atoms with Crippen LogP contribution in [0.5, 0.6) is 0 Å². The van der Waals surface area contributed by atoms with Crippen LogP contribution in [0.1, 0.15) is 10.4 Å². The van der Waals surface area contributed by atoms with Crippen LogP contribution in [-0.4, -0.2) is 19.4 Å². The zero-order valence-electron chi connectivity index (χ0n) is 10.4. The van der Waals surface area contributed by atoms with Crippen molar-refractivity contribution in [1.29, 1.82) is 5.41 Å². The summed E-state index contributed by atoms with van der Waals surface area (Å²) in [5.74, 6) is 0.452. The van der Waals surface area contributed by atoms with E-state index in [4.69, 9.17) is 5.41 Å². The fraction of sp³-hybridized carbons (Fsp3) is 0.214. The van der Waals surface area contributed by atoms with Crippen LogP contribution in [-0.2, 0) is 6.42 Å². The van der Waals surface area contributed by atoms with E-state index in [0.29, 0.717) is 5.84 Å². The monoisotopic (exact) mass is 259 g/mol. The van der Waals surface area contributed by atoms with E-state index < -0.39 is 0 Å². The van der Waals surface area contributed by atoms with Crippen molar-refractivity contribution >= 4 is 22.9 Å². The minimum absolute atomic E-state index is 0.452. The highest BCUT2D eigenvalue weighted by Gasteiger charge is 2.02. The van der Waals surface area contributed by atoms with E-state index >= 15 is 0 Å². The summed E-state index contributed by atoms with van der Waals surface area (Å²) in [6.07, 6.45) is 1.03. The molecule has 94 valence electrons. The maximum absolute atomic E-state index is 7.94. The van der Waals surface area contributed by atoms with Crippen LogP contribution < -0.4 is 10.6 Å². The van der Waals surface area contributed by atoms with Crippen molar-refractivity contribution in [2.45, 2.75) is 6.42 Å². The van der Waals surface area contributed by atoms with Crippen LogP contribution in [0.15, 0.2) is 41.8 Å². The molecule has 0 unspecified atom stereocenters.